The summed E-state index contributed by atoms with van der Waals surface area (Å²) in [5.74, 6) is -0.347. The van der Waals surface area contributed by atoms with E-state index < -0.39 is 11.7 Å². The number of aryl methyl sites for hydroxylation is 1. The van der Waals surface area contributed by atoms with Crippen LogP contribution in [0.3, 0.4) is 0 Å². The Balaban J connectivity index is 1.54. The molecule has 2 heterocycles. The minimum Gasteiger partial charge on any atom is -0.352 e. The normalized spacial score (nSPS) is 12.8. The molecule has 4 aromatic rings. The average molecular weight is 443 g/mol. The van der Waals surface area contributed by atoms with Crippen molar-refractivity contribution in [2.75, 3.05) is 0 Å². The number of aromatic nitrogens is 1. The Kier molecular flexibility index (Phi) is 5.87. The Morgan fingerprint density at radius 1 is 1.13 bits per heavy atom. The zero-order valence-corrected chi connectivity index (χ0v) is 17.6. The van der Waals surface area contributed by atoms with Crippen LogP contribution in [0.1, 0.15) is 34.6 Å². The maximum absolute atomic E-state index is 12.9. The molecule has 0 bridgehead atoms. The van der Waals surface area contributed by atoms with Crippen LogP contribution in [0, 0.1) is 0 Å². The number of hydrogen-bond acceptors (Lipinski definition) is 2. The van der Waals surface area contributed by atoms with Crippen LogP contribution in [-0.4, -0.2) is 10.5 Å². The van der Waals surface area contributed by atoms with Crippen LogP contribution in [0.5, 0.6) is 0 Å². The number of carbonyl (C=O) groups is 1. The number of nitrogens with one attached hydrogen (secondary N) is 1. The van der Waals surface area contributed by atoms with Crippen molar-refractivity contribution in [2.45, 2.75) is 25.1 Å². The molecule has 4 rings (SSSR count). The SMILES string of the molecule is Cn1cc(C(CC(=O)NCc2cccc(C(F)(F)F)c2)c2ccsc2)c2ccccc21. The summed E-state index contributed by atoms with van der Waals surface area (Å²) in [7, 11) is 1.98. The minimum absolute atomic E-state index is 0.0502. The monoisotopic (exact) mass is 442 g/mol. The first kappa shape index (κ1) is 21.2. The van der Waals surface area contributed by atoms with E-state index in [0.29, 0.717) is 5.56 Å². The number of nitrogens with zero attached hydrogens (tertiary/aromatic N) is 1. The van der Waals surface area contributed by atoms with Crippen LogP contribution in [-0.2, 0) is 24.6 Å². The number of hydrogen-bond donors (Lipinski definition) is 1. The highest BCUT2D eigenvalue weighted by Crippen LogP contribution is 2.35. The highest BCUT2D eigenvalue weighted by molar-refractivity contribution is 7.08. The summed E-state index contributed by atoms with van der Waals surface area (Å²) in [6, 6.07) is 15.1. The first-order valence-electron chi connectivity index (χ1n) is 9.82. The van der Waals surface area contributed by atoms with Crippen LogP contribution in [0.4, 0.5) is 13.2 Å². The van der Waals surface area contributed by atoms with E-state index in [9.17, 15) is 18.0 Å². The molecule has 3 nitrogen and oxygen atoms in total. The Labute approximate surface area is 182 Å². The largest absolute Gasteiger partial charge is 0.416 e. The molecule has 0 fully saturated rings. The number of rotatable bonds is 6. The van der Waals surface area contributed by atoms with Crippen LogP contribution in [0.15, 0.2) is 71.6 Å². The van der Waals surface area contributed by atoms with Crippen LogP contribution in [0.2, 0.25) is 0 Å². The number of para-hydroxylation sites is 1. The van der Waals surface area contributed by atoms with E-state index in [-0.39, 0.29) is 24.8 Å². The first-order valence-corrected chi connectivity index (χ1v) is 10.8. The molecule has 0 aliphatic heterocycles. The summed E-state index contributed by atoms with van der Waals surface area (Å²) in [4.78, 5) is 12.8. The molecule has 0 saturated carbocycles. The van der Waals surface area contributed by atoms with Gasteiger partial charge in [-0.25, -0.2) is 0 Å². The molecule has 1 amide bonds. The molecule has 1 unspecified atom stereocenters. The summed E-state index contributed by atoms with van der Waals surface area (Å²) in [5, 5.41) is 7.89. The third kappa shape index (κ3) is 4.66. The van der Waals surface area contributed by atoms with Gasteiger partial charge in [0, 0.05) is 43.0 Å². The molecular weight excluding hydrogens is 421 g/mol. The Hall–Kier alpha value is -3.06. The van der Waals surface area contributed by atoms with Gasteiger partial charge in [-0.1, -0.05) is 30.3 Å². The third-order valence-electron chi connectivity index (χ3n) is 5.38. The molecule has 1 atom stereocenters. The summed E-state index contributed by atoms with van der Waals surface area (Å²) in [6.07, 6.45) is -2.14. The van der Waals surface area contributed by atoms with Crippen molar-refractivity contribution >= 4 is 28.1 Å². The molecule has 0 aliphatic carbocycles. The Bertz CT molecular complexity index is 1200. The standard InChI is InChI=1S/C24H21F3N2OS/c1-29-14-21(19-7-2-3-8-22(19)29)20(17-9-10-31-15-17)12-23(30)28-13-16-5-4-6-18(11-16)24(25,26)27/h2-11,14-15,20H,12-13H2,1H3,(H,28,30). The van der Waals surface area contributed by atoms with E-state index in [2.05, 4.69) is 5.32 Å². The van der Waals surface area contributed by atoms with Crippen molar-refractivity contribution in [1.29, 1.82) is 0 Å². The summed E-state index contributed by atoms with van der Waals surface area (Å²) in [5.41, 5.74) is 2.90. The van der Waals surface area contributed by atoms with Crippen molar-refractivity contribution in [3.63, 3.8) is 0 Å². The molecule has 1 N–H and O–H groups in total. The molecule has 2 aromatic heterocycles. The van der Waals surface area contributed by atoms with E-state index in [1.807, 2.05) is 58.9 Å². The van der Waals surface area contributed by atoms with Crippen molar-refractivity contribution < 1.29 is 18.0 Å². The quantitative estimate of drug-likeness (QED) is 0.385. The zero-order valence-electron chi connectivity index (χ0n) is 16.8. The number of thiophene rings is 1. The van der Waals surface area contributed by atoms with Crippen molar-refractivity contribution in [2.24, 2.45) is 7.05 Å². The number of alkyl halides is 3. The van der Waals surface area contributed by atoms with Crippen molar-refractivity contribution in [3.05, 3.63) is 93.8 Å². The number of fused-ring (bicyclic) bond motifs is 1. The molecular formula is C24H21F3N2OS. The molecule has 31 heavy (non-hydrogen) atoms. The topological polar surface area (TPSA) is 34.0 Å². The van der Waals surface area contributed by atoms with Gasteiger partial charge in [-0.3, -0.25) is 4.79 Å². The Morgan fingerprint density at radius 2 is 1.94 bits per heavy atom. The summed E-state index contributed by atoms with van der Waals surface area (Å²) < 4.78 is 40.8. The van der Waals surface area contributed by atoms with Crippen LogP contribution >= 0.6 is 11.3 Å². The van der Waals surface area contributed by atoms with Gasteiger partial charge in [0.1, 0.15) is 0 Å². The van der Waals surface area contributed by atoms with Gasteiger partial charge in [-0.05, 0) is 51.7 Å². The number of amides is 1. The number of carbonyl (C=O) groups excluding carboxylic acids is 1. The van der Waals surface area contributed by atoms with Gasteiger partial charge >= 0.3 is 6.18 Å². The number of benzene rings is 2. The van der Waals surface area contributed by atoms with Gasteiger partial charge in [0.2, 0.25) is 5.91 Å². The van der Waals surface area contributed by atoms with Gasteiger partial charge in [0.25, 0.3) is 0 Å². The minimum atomic E-state index is -4.40. The molecule has 0 radical (unpaired) electrons. The van der Waals surface area contributed by atoms with Gasteiger partial charge in [-0.15, -0.1) is 0 Å². The van der Waals surface area contributed by atoms with Crippen molar-refractivity contribution in [1.82, 2.24) is 9.88 Å². The third-order valence-corrected chi connectivity index (χ3v) is 6.08. The second kappa shape index (κ2) is 8.59. The fourth-order valence-electron chi connectivity index (χ4n) is 3.85. The maximum Gasteiger partial charge on any atom is 0.416 e. The van der Waals surface area contributed by atoms with Crippen LogP contribution in [0.25, 0.3) is 10.9 Å². The van der Waals surface area contributed by atoms with E-state index in [1.54, 1.807) is 17.4 Å². The molecule has 2 aromatic carbocycles. The second-order valence-electron chi connectivity index (χ2n) is 7.50. The fourth-order valence-corrected chi connectivity index (χ4v) is 4.56. The van der Waals surface area contributed by atoms with Gasteiger partial charge in [-0.2, -0.15) is 24.5 Å². The Morgan fingerprint density at radius 3 is 2.68 bits per heavy atom. The lowest BCUT2D eigenvalue weighted by molar-refractivity contribution is -0.137. The lowest BCUT2D eigenvalue weighted by atomic mass is 9.89. The maximum atomic E-state index is 12.9. The van der Waals surface area contributed by atoms with Gasteiger partial charge in [0.05, 0.1) is 5.56 Å². The lowest BCUT2D eigenvalue weighted by Gasteiger charge is -2.16. The first-order chi connectivity index (χ1) is 14.8. The molecule has 0 aliphatic rings. The van der Waals surface area contributed by atoms with E-state index >= 15 is 0 Å². The molecule has 0 spiro atoms. The van der Waals surface area contributed by atoms with E-state index in [1.165, 1.54) is 6.07 Å². The van der Waals surface area contributed by atoms with E-state index in [4.69, 9.17) is 0 Å². The second-order valence-corrected chi connectivity index (χ2v) is 8.28. The lowest BCUT2D eigenvalue weighted by Crippen LogP contribution is -2.25. The molecule has 0 saturated heterocycles. The average Bonchev–Trinajstić information content (AvgIpc) is 3.39. The number of halogens is 3. The summed E-state index contributed by atoms with van der Waals surface area (Å²) in [6.45, 7) is 0.0502. The highest BCUT2D eigenvalue weighted by atomic mass is 32.1. The van der Waals surface area contributed by atoms with E-state index in [0.717, 1.165) is 34.2 Å². The smallest absolute Gasteiger partial charge is 0.352 e. The molecule has 160 valence electrons. The zero-order chi connectivity index (χ0) is 22.0. The van der Waals surface area contributed by atoms with Gasteiger partial charge < -0.3 is 9.88 Å². The fraction of sp³-hybridized carbons (Fsp3) is 0.208. The van der Waals surface area contributed by atoms with Gasteiger partial charge in [0.15, 0.2) is 0 Å². The molecule has 7 heteroatoms. The van der Waals surface area contributed by atoms with Crippen LogP contribution < -0.4 is 5.32 Å². The van der Waals surface area contributed by atoms with Crippen molar-refractivity contribution in [3.8, 4) is 0 Å². The predicted octanol–water partition coefficient (Wildman–Crippen LogP) is 6.10. The summed E-state index contributed by atoms with van der Waals surface area (Å²) >= 11 is 1.57. The predicted molar refractivity (Wildman–Crippen MR) is 117 cm³/mol. The highest BCUT2D eigenvalue weighted by Gasteiger charge is 2.30.